The third-order valence-corrected chi connectivity index (χ3v) is 3.34. The summed E-state index contributed by atoms with van der Waals surface area (Å²) in [7, 11) is 1.66. The third kappa shape index (κ3) is 3.16. The number of hydrogen-bond donors (Lipinski definition) is 1. The van der Waals surface area contributed by atoms with E-state index in [-0.39, 0.29) is 11.2 Å². The van der Waals surface area contributed by atoms with Crippen LogP contribution in [0.4, 0.5) is 0 Å². The summed E-state index contributed by atoms with van der Waals surface area (Å²) in [4.78, 5) is 13.5. The average Bonchev–Trinajstić information content (AvgIpc) is 2.65. The van der Waals surface area contributed by atoms with Crippen molar-refractivity contribution in [3.8, 4) is 5.75 Å². The first kappa shape index (κ1) is 12.3. The van der Waals surface area contributed by atoms with Crippen molar-refractivity contribution in [1.29, 1.82) is 0 Å². The number of amides is 1. The molecular formula is C13H17NO2S. The third-order valence-electron chi connectivity index (χ3n) is 3.00. The molecule has 0 bridgehead atoms. The smallest absolute Gasteiger partial charge is 0.223 e. The summed E-state index contributed by atoms with van der Waals surface area (Å²) in [6.45, 7) is 1.54. The first-order chi connectivity index (χ1) is 8.19. The van der Waals surface area contributed by atoms with E-state index in [1.807, 2.05) is 23.1 Å². The maximum absolute atomic E-state index is 11.6. The number of ether oxygens (including phenoxy) is 1. The Hall–Kier alpha value is -1.16. The van der Waals surface area contributed by atoms with Gasteiger partial charge in [0.15, 0.2) is 0 Å². The van der Waals surface area contributed by atoms with E-state index in [9.17, 15) is 4.79 Å². The second-order valence-electron chi connectivity index (χ2n) is 4.30. The Morgan fingerprint density at radius 3 is 3.00 bits per heavy atom. The van der Waals surface area contributed by atoms with Crippen LogP contribution < -0.4 is 4.74 Å². The molecule has 92 valence electrons. The fourth-order valence-electron chi connectivity index (χ4n) is 2.06. The molecule has 2 rings (SSSR count). The highest BCUT2D eigenvalue weighted by atomic mass is 32.1. The number of methoxy groups -OCH3 is 1. The Kier molecular flexibility index (Phi) is 3.94. The van der Waals surface area contributed by atoms with Gasteiger partial charge < -0.3 is 9.64 Å². The summed E-state index contributed by atoms with van der Waals surface area (Å²) in [5, 5.41) is 0.202. The van der Waals surface area contributed by atoms with Crippen LogP contribution in [0.25, 0.3) is 0 Å². The molecule has 1 unspecified atom stereocenters. The lowest BCUT2D eigenvalue weighted by atomic mass is 10.1. The van der Waals surface area contributed by atoms with E-state index in [0.29, 0.717) is 6.42 Å². The lowest BCUT2D eigenvalue weighted by molar-refractivity contribution is -0.127. The molecule has 0 radical (unpaired) electrons. The summed E-state index contributed by atoms with van der Waals surface area (Å²) in [6.07, 6.45) is 1.44. The van der Waals surface area contributed by atoms with Crippen LogP contribution in [-0.2, 0) is 11.2 Å². The van der Waals surface area contributed by atoms with Crippen LogP contribution >= 0.6 is 12.6 Å². The number of nitrogens with zero attached hydrogens (tertiary/aromatic N) is 1. The zero-order chi connectivity index (χ0) is 12.3. The molecule has 1 amide bonds. The van der Waals surface area contributed by atoms with Crippen LogP contribution in [0.5, 0.6) is 5.75 Å². The van der Waals surface area contributed by atoms with E-state index in [1.54, 1.807) is 7.11 Å². The minimum absolute atomic E-state index is 0.202. The molecule has 17 heavy (non-hydrogen) atoms. The SMILES string of the molecule is COc1cccc(CCN2CC(S)CC2=O)c1. The van der Waals surface area contributed by atoms with Gasteiger partial charge in [-0.2, -0.15) is 12.6 Å². The second-order valence-corrected chi connectivity index (χ2v) is 5.03. The Morgan fingerprint density at radius 2 is 2.35 bits per heavy atom. The molecular weight excluding hydrogens is 234 g/mol. The van der Waals surface area contributed by atoms with Crippen LogP contribution in [0.15, 0.2) is 24.3 Å². The fourth-order valence-corrected chi connectivity index (χ4v) is 2.41. The Bertz CT molecular complexity index is 408. The normalized spacial score (nSPS) is 19.8. The minimum atomic E-state index is 0.202. The number of rotatable bonds is 4. The quantitative estimate of drug-likeness (QED) is 0.826. The maximum atomic E-state index is 11.6. The lowest BCUT2D eigenvalue weighted by Gasteiger charge is -2.15. The van der Waals surface area contributed by atoms with E-state index in [2.05, 4.69) is 18.7 Å². The van der Waals surface area contributed by atoms with Gasteiger partial charge >= 0.3 is 0 Å². The number of hydrogen-bond acceptors (Lipinski definition) is 3. The number of carbonyl (C=O) groups excluding carboxylic acids is 1. The van der Waals surface area contributed by atoms with Gasteiger partial charge in [0.05, 0.1) is 7.11 Å². The van der Waals surface area contributed by atoms with Crippen LogP contribution in [0.3, 0.4) is 0 Å². The highest BCUT2D eigenvalue weighted by molar-refractivity contribution is 7.81. The highest BCUT2D eigenvalue weighted by Gasteiger charge is 2.26. The second kappa shape index (κ2) is 5.45. The maximum Gasteiger partial charge on any atom is 0.223 e. The van der Waals surface area contributed by atoms with Gasteiger partial charge in [0.1, 0.15) is 5.75 Å². The molecule has 3 nitrogen and oxygen atoms in total. The summed E-state index contributed by atoms with van der Waals surface area (Å²) >= 11 is 4.34. The van der Waals surface area contributed by atoms with E-state index in [1.165, 1.54) is 5.56 Å². The summed E-state index contributed by atoms with van der Waals surface area (Å²) in [5.41, 5.74) is 1.19. The van der Waals surface area contributed by atoms with Crippen molar-refractivity contribution in [2.75, 3.05) is 20.2 Å². The Labute approximate surface area is 107 Å². The van der Waals surface area contributed by atoms with Crippen LogP contribution in [0, 0.1) is 0 Å². The topological polar surface area (TPSA) is 29.5 Å². The molecule has 4 heteroatoms. The molecule has 1 heterocycles. The van der Waals surface area contributed by atoms with Crippen molar-refractivity contribution in [3.05, 3.63) is 29.8 Å². The monoisotopic (exact) mass is 251 g/mol. The predicted molar refractivity (Wildman–Crippen MR) is 70.7 cm³/mol. The summed E-state index contributed by atoms with van der Waals surface area (Å²) in [5.74, 6) is 1.08. The molecule has 0 N–H and O–H groups in total. The van der Waals surface area contributed by atoms with E-state index in [4.69, 9.17) is 4.74 Å². The van der Waals surface area contributed by atoms with Gasteiger partial charge in [0.2, 0.25) is 5.91 Å². The molecule has 1 aromatic rings. The van der Waals surface area contributed by atoms with E-state index in [0.717, 1.165) is 25.3 Å². The molecule has 0 saturated carbocycles. The van der Waals surface area contributed by atoms with E-state index >= 15 is 0 Å². The number of thiol groups is 1. The first-order valence-corrected chi connectivity index (χ1v) is 6.29. The molecule has 0 aliphatic carbocycles. The van der Waals surface area contributed by atoms with E-state index < -0.39 is 0 Å². The molecule has 1 aromatic carbocycles. The zero-order valence-electron chi connectivity index (χ0n) is 9.93. The number of benzene rings is 1. The summed E-state index contributed by atoms with van der Waals surface area (Å²) in [6, 6.07) is 7.97. The molecule has 1 aliphatic rings. The van der Waals surface area contributed by atoms with Crippen molar-refractivity contribution in [1.82, 2.24) is 4.90 Å². The average molecular weight is 251 g/mol. The van der Waals surface area contributed by atoms with Crippen molar-refractivity contribution in [2.24, 2.45) is 0 Å². The van der Waals surface area contributed by atoms with Gasteiger partial charge in [-0.15, -0.1) is 0 Å². The lowest BCUT2D eigenvalue weighted by Crippen LogP contribution is -2.27. The first-order valence-electron chi connectivity index (χ1n) is 5.78. The van der Waals surface area contributed by atoms with Crippen molar-refractivity contribution in [2.45, 2.75) is 18.1 Å². The van der Waals surface area contributed by atoms with Crippen molar-refractivity contribution < 1.29 is 9.53 Å². The van der Waals surface area contributed by atoms with Gasteiger partial charge in [-0.05, 0) is 24.1 Å². The number of carbonyl (C=O) groups is 1. The molecule has 0 spiro atoms. The molecule has 1 fully saturated rings. The standard InChI is InChI=1S/C13H17NO2S/c1-16-11-4-2-3-10(7-11)5-6-14-9-12(17)8-13(14)15/h2-4,7,12,17H,5-6,8-9H2,1H3. The zero-order valence-corrected chi connectivity index (χ0v) is 10.8. The summed E-state index contributed by atoms with van der Waals surface area (Å²) < 4.78 is 5.17. The van der Waals surface area contributed by atoms with Gasteiger partial charge in [-0.1, -0.05) is 12.1 Å². The fraction of sp³-hybridized carbons (Fsp3) is 0.462. The molecule has 0 aromatic heterocycles. The predicted octanol–water partition coefficient (Wildman–Crippen LogP) is 1.77. The Balaban J connectivity index is 1.91. The molecule has 1 atom stereocenters. The van der Waals surface area contributed by atoms with Gasteiger partial charge in [0.25, 0.3) is 0 Å². The van der Waals surface area contributed by atoms with Crippen LogP contribution in [0.2, 0.25) is 0 Å². The van der Waals surface area contributed by atoms with Crippen LogP contribution in [-0.4, -0.2) is 36.3 Å². The molecule has 1 saturated heterocycles. The largest absolute Gasteiger partial charge is 0.497 e. The Morgan fingerprint density at radius 1 is 1.53 bits per heavy atom. The van der Waals surface area contributed by atoms with Gasteiger partial charge in [-0.3, -0.25) is 4.79 Å². The van der Waals surface area contributed by atoms with Gasteiger partial charge in [0, 0.05) is 24.8 Å². The van der Waals surface area contributed by atoms with Crippen molar-refractivity contribution >= 4 is 18.5 Å². The van der Waals surface area contributed by atoms with Crippen molar-refractivity contribution in [3.63, 3.8) is 0 Å². The van der Waals surface area contributed by atoms with Gasteiger partial charge in [-0.25, -0.2) is 0 Å². The van der Waals surface area contributed by atoms with Crippen LogP contribution in [0.1, 0.15) is 12.0 Å². The minimum Gasteiger partial charge on any atom is -0.497 e. The number of likely N-dealkylation sites (tertiary alicyclic amines) is 1. The highest BCUT2D eigenvalue weighted by Crippen LogP contribution is 2.17. The molecule has 1 aliphatic heterocycles.